The van der Waals surface area contributed by atoms with Gasteiger partial charge in [0.2, 0.25) is 0 Å². The van der Waals surface area contributed by atoms with Crippen LogP contribution in [0.15, 0.2) is 23.4 Å². The molecule has 0 unspecified atom stereocenters. The number of benzene rings is 1. The van der Waals surface area contributed by atoms with E-state index in [0.717, 1.165) is 12.8 Å². The summed E-state index contributed by atoms with van der Waals surface area (Å²) in [6.07, 6.45) is 3.25. The molecule has 1 aromatic carbocycles. The smallest absolute Gasteiger partial charge is 0.124 e. The van der Waals surface area contributed by atoms with Crippen molar-refractivity contribution in [3.05, 3.63) is 29.6 Å². The van der Waals surface area contributed by atoms with Crippen LogP contribution >= 0.6 is 0 Å². The van der Waals surface area contributed by atoms with Gasteiger partial charge in [-0.15, -0.1) is 0 Å². The van der Waals surface area contributed by atoms with Gasteiger partial charge in [-0.2, -0.15) is 0 Å². The summed E-state index contributed by atoms with van der Waals surface area (Å²) in [5.74, 6) is -0.429. The quantitative estimate of drug-likeness (QED) is 0.462. The first kappa shape index (κ1) is 11.5. The van der Waals surface area contributed by atoms with Gasteiger partial charge >= 0.3 is 0 Å². The summed E-state index contributed by atoms with van der Waals surface area (Å²) < 4.78 is 12.8. The predicted octanol–water partition coefficient (Wildman–Crippen LogP) is 2.68. The van der Waals surface area contributed by atoms with E-state index in [1.807, 2.05) is 6.92 Å². The van der Waals surface area contributed by atoms with Crippen LogP contribution in [-0.4, -0.2) is 17.9 Å². The van der Waals surface area contributed by atoms with Crippen LogP contribution in [0.5, 0.6) is 5.75 Å². The Morgan fingerprint density at radius 2 is 2.33 bits per heavy atom. The van der Waals surface area contributed by atoms with Crippen LogP contribution in [0.1, 0.15) is 25.3 Å². The number of phenols is 1. The maximum Gasteiger partial charge on any atom is 0.124 e. The van der Waals surface area contributed by atoms with Crippen LogP contribution in [0.25, 0.3) is 0 Å². The Labute approximate surface area is 88.2 Å². The molecular formula is C11H14FNO2. The van der Waals surface area contributed by atoms with Crippen molar-refractivity contribution in [3.63, 3.8) is 0 Å². The molecule has 0 saturated carbocycles. The lowest BCUT2D eigenvalue weighted by Crippen LogP contribution is -1.89. The Kier molecular flexibility index (Phi) is 4.60. The summed E-state index contributed by atoms with van der Waals surface area (Å²) in [6, 6.07) is 3.66. The average molecular weight is 211 g/mol. The van der Waals surface area contributed by atoms with Crippen molar-refractivity contribution >= 4 is 6.21 Å². The van der Waals surface area contributed by atoms with Crippen LogP contribution in [0.2, 0.25) is 0 Å². The van der Waals surface area contributed by atoms with Gasteiger partial charge in [-0.25, -0.2) is 4.39 Å². The van der Waals surface area contributed by atoms with Crippen molar-refractivity contribution in [1.82, 2.24) is 0 Å². The number of nitrogens with zero attached hydrogens (tertiary/aromatic N) is 1. The van der Waals surface area contributed by atoms with Crippen LogP contribution in [0, 0.1) is 5.82 Å². The minimum atomic E-state index is -0.414. The van der Waals surface area contributed by atoms with E-state index in [9.17, 15) is 9.50 Å². The molecule has 0 saturated heterocycles. The van der Waals surface area contributed by atoms with E-state index >= 15 is 0 Å². The Morgan fingerprint density at radius 1 is 1.53 bits per heavy atom. The molecule has 0 radical (unpaired) electrons. The average Bonchev–Trinajstić information content (AvgIpc) is 2.23. The molecule has 0 spiro atoms. The second kappa shape index (κ2) is 6.01. The summed E-state index contributed by atoms with van der Waals surface area (Å²) in [4.78, 5) is 4.91. The number of rotatable bonds is 5. The first-order chi connectivity index (χ1) is 7.24. The fraction of sp³-hybridized carbons (Fsp3) is 0.364. The first-order valence-electron chi connectivity index (χ1n) is 4.88. The number of unbranched alkanes of at least 4 members (excludes halogenated alkanes) is 1. The molecular weight excluding hydrogens is 197 g/mol. The predicted molar refractivity (Wildman–Crippen MR) is 56.5 cm³/mol. The van der Waals surface area contributed by atoms with Crippen LogP contribution in [0.4, 0.5) is 4.39 Å². The van der Waals surface area contributed by atoms with Crippen molar-refractivity contribution in [3.8, 4) is 5.75 Å². The van der Waals surface area contributed by atoms with Crippen molar-refractivity contribution in [2.75, 3.05) is 6.61 Å². The highest BCUT2D eigenvalue weighted by atomic mass is 19.1. The second-order valence-corrected chi connectivity index (χ2v) is 3.12. The Morgan fingerprint density at radius 3 is 3.07 bits per heavy atom. The fourth-order valence-electron chi connectivity index (χ4n) is 0.984. The van der Waals surface area contributed by atoms with E-state index in [1.165, 1.54) is 24.4 Å². The first-order valence-corrected chi connectivity index (χ1v) is 4.88. The Hall–Kier alpha value is -1.58. The Balaban J connectivity index is 2.52. The number of phenolic OH excluding ortho intramolecular Hbond substituents is 1. The van der Waals surface area contributed by atoms with Gasteiger partial charge < -0.3 is 9.94 Å². The fourth-order valence-corrected chi connectivity index (χ4v) is 0.984. The van der Waals surface area contributed by atoms with Gasteiger partial charge in [-0.1, -0.05) is 18.5 Å². The highest BCUT2D eigenvalue weighted by Gasteiger charge is 1.99. The van der Waals surface area contributed by atoms with Crippen LogP contribution in [-0.2, 0) is 4.84 Å². The van der Waals surface area contributed by atoms with Crippen molar-refractivity contribution < 1.29 is 14.3 Å². The molecule has 0 heterocycles. The molecule has 82 valence electrons. The second-order valence-electron chi connectivity index (χ2n) is 3.12. The summed E-state index contributed by atoms with van der Waals surface area (Å²) in [7, 11) is 0. The third-order valence-corrected chi connectivity index (χ3v) is 1.85. The molecule has 15 heavy (non-hydrogen) atoms. The van der Waals surface area contributed by atoms with Crippen molar-refractivity contribution in [2.24, 2.45) is 5.16 Å². The molecule has 0 aliphatic heterocycles. The molecule has 0 bridgehead atoms. The van der Waals surface area contributed by atoms with E-state index in [2.05, 4.69) is 5.16 Å². The lowest BCUT2D eigenvalue weighted by Gasteiger charge is -1.99. The zero-order valence-corrected chi connectivity index (χ0v) is 8.61. The SMILES string of the molecule is CCCCON=Cc1cc(F)ccc1O. The summed E-state index contributed by atoms with van der Waals surface area (Å²) in [6.45, 7) is 2.58. The third kappa shape index (κ3) is 3.97. The summed E-state index contributed by atoms with van der Waals surface area (Å²) in [5.41, 5.74) is 0.312. The lowest BCUT2D eigenvalue weighted by molar-refractivity contribution is 0.142. The molecule has 3 nitrogen and oxygen atoms in total. The maximum atomic E-state index is 12.8. The highest BCUT2D eigenvalue weighted by molar-refractivity contribution is 5.82. The highest BCUT2D eigenvalue weighted by Crippen LogP contribution is 2.15. The summed E-state index contributed by atoms with van der Waals surface area (Å²) in [5, 5.41) is 13.0. The maximum absolute atomic E-state index is 12.8. The molecule has 0 fully saturated rings. The van der Waals surface area contributed by atoms with Gasteiger partial charge in [0.05, 0.1) is 6.21 Å². The largest absolute Gasteiger partial charge is 0.507 e. The van der Waals surface area contributed by atoms with Gasteiger partial charge in [0.25, 0.3) is 0 Å². The molecule has 0 aliphatic rings. The van der Waals surface area contributed by atoms with Gasteiger partial charge in [-0.05, 0) is 24.6 Å². The van der Waals surface area contributed by atoms with E-state index in [0.29, 0.717) is 12.2 Å². The topological polar surface area (TPSA) is 41.8 Å². The summed E-state index contributed by atoms with van der Waals surface area (Å²) >= 11 is 0. The van der Waals surface area contributed by atoms with Crippen LogP contribution < -0.4 is 0 Å². The number of oxime groups is 1. The minimum Gasteiger partial charge on any atom is -0.507 e. The Bertz CT molecular complexity index is 339. The van der Waals surface area contributed by atoms with E-state index in [4.69, 9.17) is 4.84 Å². The number of hydrogen-bond donors (Lipinski definition) is 1. The third-order valence-electron chi connectivity index (χ3n) is 1.85. The zero-order chi connectivity index (χ0) is 11.1. The number of halogens is 1. The molecule has 0 amide bonds. The monoisotopic (exact) mass is 211 g/mol. The molecule has 0 atom stereocenters. The van der Waals surface area contributed by atoms with Crippen molar-refractivity contribution in [2.45, 2.75) is 19.8 Å². The van der Waals surface area contributed by atoms with Crippen LogP contribution in [0.3, 0.4) is 0 Å². The molecule has 0 aliphatic carbocycles. The van der Waals surface area contributed by atoms with Gasteiger partial charge in [0, 0.05) is 5.56 Å². The van der Waals surface area contributed by atoms with Gasteiger partial charge in [0.15, 0.2) is 0 Å². The van der Waals surface area contributed by atoms with E-state index in [1.54, 1.807) is 0 Å². The van der Waals surface area contributed by atoms with Gasteiger partial charge in [0.1, 0.15) is 18.2 Å². The molecule has 4 heteroatoms. The molecule has 1 rings (SSSR count). The zero-order valence-electron chi connectivity index (χ0n) is 8.61. The molecule has 0 aromatic heterocycles. The van der Waals surface area contributed by atoms with Gasteiger partial charge in [-0.3, -0.25) is 0 Å². The number of hydrogen-bond acceptors (Lipinski definition) is 3. The normalized spacial score (nSPS) is 10.8. The molecule has 1 N–H and O–H groups in total. The number of aromatic hydroxyl groups is 1. The standard InChI is InChI=1S/C11H14FNO2/c1-2-3-6-15-13-8-9-7-10(12)4-5-11(9)14/h4-5,7-8,14H,2-3,6H2,1H3. The molecule has 1 aromatic rings. The van der Waals surface area contributed by atoms with E-state index < -0.39 is 5.82 Å². The minimum absolute atomic E-state index is 0.0146. The van der Waals surface area contributed by atoms with Crippen molar-refractivity contribution in [1.29, 1.82) is 0 Å². The lowest BCUT2D eigenvalue weighted by atomic mass is 10.2. The van der Waals surface area contributed by atoms with E-state index in [-0.39, 0.29) is 5.75 Å².